The van der Waals surface area contributed by atoms with Crippen LogP contribution in [0.1, 0.15) is 19.0 Å². The highest BCUT2D eigenvalue weighted by Gasteiger charge is 2.34. The number of pyridine rings is 2. The maximum atomic E-state index is 13.5. The number of rotatable bonds is 3. The summed E-state index contributed by atoms with van der Waals surface area (Å²) in [5, 5.41) is 4.70. The number of fused-ring (bicyclic) bond motifs is 1. The van der Waals surface area contributed by atoms with E-state index in [1.54, 1.807) is 18.3 Å². The molecule has 5 nitrogen and oxygen atoms in total. The van der Waals surface area contributed by atoms with Crippen molar-refractivity contribution in [1.29, 1.82) is 0 Å². The summed E-state index contributed by atoms with van der Waals surface area (Å²) >= 11 is 0. The summed E-state index contributed by atoms with van der Waals surface area (Å²) in [7, 11) is 0. The molecule has 1 atom stereocenters. The van der Waals surface area contributed by atoms with Crippen LogP contribution < -0.4 is 5.73 Å². The van der Waals surface area contributed by atoms with E-state index < -0.39 is 17.9 Å². The van der Waals surface area contributed by atoms with Crippen molar-refractivity contribution < 1.29 is 8.78 Å². The Hall–Kier alpha value is -2.83. The van der Waals surface area contributed by atoms with Gasteiger partial charge >= 0.3 is 0 Å². The molecule has 4 rings (SSSR count). The van der Waals surface area contributed by atoms with Crippen molar-refractivity contribution in [3.63, 3.8) is 0 Å². The molecule has 0 bridgehead atoms. The van der Waals surface area contributed by atoms with Crippen LogP contribution in [0.25, 0.3) is 22.5 Å². The monoisotopic (exact) mass is 355 g/mol. The Balaban J connectivity index is 1.92. The van der Waals surface area contributed by atoms with E-state index in [9.17, 15) is 8.78 Å². The van der Waals surface area contributed by atoms with Crippen LogP contribution in [-0.2, 0) is 13.0 Å². The average molecular weight is 355 g/mol. The van der Waals surface area contributed by atoms with Gasteiger partial charge in [0, 0.05) is 29.4 Å². The van der Waals surface area contributed by atoms with Gasteiger partial charge in [-0.1, -0.05) is 6.92 Å². The summed E-state index contributed by atoms with van der Waals surface area (Å²) in [6.07, 6.45) is 4.25. The summed E-state index contributed by atoms with van der Waals surface area (Å²) < 4.78 is 28.6. The fourth-order valence-electron chi connectivity index (χ4n) is 3.45. The van der Waals surface area contributed by atoms with Crippen molar-refractivity contribution in [2.45, 2.75) is 26.3 Å². The molecule has 4 heterocycles. The van der Waals surface area contributed by atoms with Crippen LogP contribution in [0.5, 0.6) is 0 Å². The van der Waals surface area contributed by atoms with Crippen LogP contribution in [0.2, 0.25) is 0 Å². The summed E-state index contributed by atoms with van der Waals surface area (Å²) in [6.45, 7) is 2.03. The molecule has 2 N–H and O–H groups in total. The Morgan fingerprint density at radius 3 is 2.81 bits per heavy atom. The molecule has 0 spiro atoms. The van der Waals surface area contributed by atoms with Crippen molar-refractivity contribution in [1.82, 2.24) is 19.7 Å². The van der Waals surface area contributed by atoms with Gasteiger partial charge in [0.2, 0.25) is 0 Å². The van der Waals surface area contributed by atoms with E-state index >= 15 is 0 Å². The zero-order chi connectivity index (χ0) is 18.3. The van der Waals surface area contributed by atoms with Gasteiger partial charge in [-0.3, -0.25) is 14.1 Å². The normalized spacial score (nSPS) is 19.3. The molecule has 0 saturated heterocycles. The fraction of sp³-hybridized carbons (Fsp3) is 0.316. The molecular weight excluding hydrogens is 336 g/mol. The van der Waals surface area contributed by atoms with Gasteiger partial charge in [-0.25, -0.2) is 9.37 Å². The first kappa shape index (κ1) is 16.6. The fourth-order valence-corrected chi connectivity index (χ4v) is 3.45. The molecule has 0 amide bonds. The Morgan fingerprint density at radius 1 is 1.27 bits per heavy atom. The lowest BCUT2D eigenvalue weighted by Gasteiger charge is -2.31. The molecule has 0 aliphatic carbocycles. The zero-order valence-corrected chi connectivity index (χ0v) is 14.4. The van der Waals surface area contributed by atoms with E-state index in [4.69, 9.17) is 10.8 Å². The number of nitrogens with zero attached hydrogens (tertiary/aromatic N) is 4. The average Bonchev–Trinajstić information content (AvgIpc) is 3.00. The molecule has 0 fully saturated rings. The molecular formula is C19H19F2N5. The molecule has 0 unspecified atom stereocenters. The van der Waals surface area contributed by atoms with Crippen LogP contribution >= 0.6 is 0 Å². The maximum absolute atomic E-state index is 13.5. The van der Waals surface area contributed by atoms with E-state index in [0.29, 0.717) is 30.2 Å². The largest absolute Gasteiger partial charge is 0.384 e. The molecule has 7 heteroatoms. The Morgan fingerprint density at radius 2 is 2.12 bits per heavy atom. The van der Waals surface area contributed by atoms with Gasteiger partial charge in [-0.15, -0.1) is 0 Å². The smallest absolute Gasteiger partial charge is 0.141 e. The molecule has 134 valence electrons. The molecule has 1 aliphatic heterocycles. The predicted molar refractivity (Wildman–Crippen MR) is 95.5 cm³/mol. The SMILES string of the molecule is C[C@@]1(CF)CCc2c(-c3ccnc(N)c3)c(-c3ccc(F)cn3)nn2C1. The van der Waals surface area contributed by atoms with Gasteiger partial charge < -0.3 is 5.73 Å². The lowest BCUT2D eigenvalue weighted by molar-refractivity contribution is 0.155. The van der Waals surface area contributed by atoms with Gasteiger partial charge in [0.25, 0.3) is 0 Å². The van der Waals surface area contributed by atoms with Crippen LogP contribution in [0, 0.1) is 11.2 Å². The predicted octanol–water partition coefficient (Wildman–Crippen LogP) is 3.65. The Bertz CT molecular complexity index is 951. The van der Waals surface area contributed by atoms with E-state index in [1.165, 1.54) is 12.3 Å². The summed E-state index contributed by atoms with van der Waals surface area (Å²) in [5.41, 5.74) is 9.45. The minimum atomic E-state index is -0.430. The van der Waals surface area contributed by atoms with E-state index in [2.05, 4.69) is 9.97 Å². The highest BCUT2D eigenvalue weighted by Crippen LogP contribution is 2.40. The van der Waals surface area contributed by atoms with Crippen LogP contribution in [0.4, 0.5) is 14.6 Å². The van der Waals surface area contributed by atoms with Crippen molar-refractivity contribution in [3.05, 3.63) is 48.2 Å². The van der Waals surface area contributed by atoms with Gasteiger partial charge in [0.05, 0.1) is 18.6 Å². The van der Waals surface area contributed by atoms with E-state index in [0.717, 1.165) is 23.2 Å². The zero-order valence-electron chi connectivity index (χ0n) is 14.4. The lowest BCUT2D eigenvalue weighted by atomic mass is 9.82. The first-order valence-corrected chi connectivity index (χ1v) is 8.48. The van der Waals surface area contributed by atoms with Crippen molar-refractivity contribution in [3.8, 4) is 22.5 Å². The number of nitrogens with two attached hydrogens (primary N) is 1. The van der Waals surface area contributed by atoms with Gasteiger partial charge in [-0.05, 0) is 42.7 Å². The molecule has 0 saturated carbocycles. The number of hydrogen-bond donors (Lipinski definition) is 1. The maximum Gasteiger partial charge on any atom is 0.141 e. The van der Waals surface area contributed by atoms with Crippen LogP contribution in [0.15, 0.2) is 36.7 Å². The van der Waals surface area contributed by atoms with Gasteiger partial charge in [0.1, 0.15) is 17.3 Å². The summed E-state index contributed by atoms with van der Waals surface area (Å²) in [4.78, 5) is 8.23. The number of nitrogen functional groups attached to an aromatic ring is 1. The minimum Gasteiger partial charge on any atom is -0.384 e. The quantitative estimate of drug-likeness (QED) is 0.779. The Kier molecular flexibility index (Phi) is 3.94. The van der Waals surface area contributed by atoms with Gasteiger partial charge in [-0.2, -0.15) is 5.10 Å². The summed E-state index contributed by atoms with van der Waals surface area (Å²) in [6, 6.07) is 6.61. The van der Waals surface area contributed by atoms with Crippen LogP contribution in [-0.4, -0.2) is 26.4 Å². The number of alkyl halides is 1. The third-order valence-corrected chi connectivity index (χ3v) is 4.92. The second-order valence-electron chi connectivity index (χ2n) is 7.10. The summed E-state index contributed by atoms with van der Waals surface area (Å²) in [5.74, 6) is 0.00213. The number of aromatic nitrogens is 4. The first-order chi connectivity index (χ1) is 12.5. The van der Waals surface area contributed by atoms with Crippen LogP contribution in [0.3, 0.4) is 0 Å². The number of halogens is 2. The molecule has 0 aromatic carbocycles. The molecule has 3 aromatic heterocycles. The minimum absolute atomic E-state index is 0.395. The van der Waals surface area contributed by atoms with Crippen molar-refractivity contribution in [2.24, 2.45) is 5.41 Å². The highest BCUT2D eigenvalue weighted by molar-refractivity contribution is 5.82. The van der Waals surface area contributed by atoms with Crippen molar-refractivity contribution in [2.75, 3.05) is 12.4 Å². The third-order valence-electron chi connectivity index (χ3n) is 4.92. The molecule has 0 radical (unpaired) electrons. The number of hydrogen-bond acceptors (Lipinski definition) is 4. The van der Waals surface area contributed by atoms with Gasteiger partial charge in [0.15, 0.2) is 0 Å². The second kappa shape index (κ2) is 6.16. The van der Waals surface area contributed by atoms with Crippen molar-refractivity contribution >= 4 is 5.82 Å². The molecule has 1 aliphatic rings. The standard InChI is InChI=1S/C19H19F2N5/c1-19(10-20)6-4-15-17(12-5-7-23-16(22)8-12)18(25-26(15)11-19)14-3-2-13(21)9-24-14/h2-3,5,7-9H,4,6,10-11H2,1H3,(H2,22,23)/t19-/m0/s1. The lowest BCUT2D eigenvalue weighted by Crippen LogP contribution is -2.32. The molecule has 26 heavy (non-hydrogen) atoms. The van der Waals surface area contributed by atoms with E-state index in [1.807, 2.05) is 17.7 Å². The first-order valence-electron chi connectivity index (χ1n) is 8.48. The topological polar surface area (TPSA) is 69.6 Å². The van der Waals surface area contributed by atoms with E-state index in [-0.39, 0.29) is 0 Å². The molecule has 3 aromatic rings. The second-order valence-corrected chi connectivity index (χ2v) is 7.10. The highest BCUT2D eigenvalue weighted by atomic mass is 19.1. The third kappa shape index (κ3) is 2.83. The Labute approximate surface area is 149 Å². The number of anilines is 1.